The first kappa shape index (κ1) is 22.0. The highest BCUT2D eigenvalue weighted by Gasteiger charge is 2.39. The number of benzene rings is 1. The third-order valence-corrected chi connectivity index (χ3v) is 5.52. The lowest BCUT2D eigenvalue weighted by molar-refractivity contribution is 0.0226. The Morgan fingerprint density at radius 3 is 2.15 bits per heavy atom. The molecule has 0 aliphatic rings. The summed E-state index contributed by atoms with van der Waals surface area (Å²) in [5.41, 5.74) is 0.674. The van der Waals surface area contributed by atoms with Gasteiger partial charge in [-0.15, -0.1) is 0 Å². The van der Waals surface area contributed by atoms with Crippen molar-refractivity contribution in [1.29, 1.82) is 0 Å². The second-order valence-corrected chi connectivity index (χ2v) is 10.4. The number of nitrogens with zero attached hydrogens (tertiary/aromatic N) is 1. The molecule has 1 heterocycles. The van der Waals surface area contributed by atoms with Crippen molar-refractivity contribution in [3.63, 3.8) is 0 Å². The third kappa shape index (κ3) is 6.65. The normalized spacial score (nSPS) is 13.5. The Kier molecular flexibility index (Phi) is 6.48. The Hall–Kier alpha value is -1.33. The second kappa shape index (κ2) is 7.96. The van der Waals surface area contributed by atoms with Gasteiger partial charge < -0.3 is 14.4 Å². The Bertz CT molecular complexity index is 795. The van der Waals surface area contributed by atoms with Crippen LogP contribution < -0.4 is 4.52 Å². The zero-order valence-corrected chi connectivity index (χ0v) is 18.6. The van der Waals surface area contributed by atoms with Crippen molar-refractivity contribution in [2.75, 3.05) is 20.6 Å². The lowest BCUT2D eigenvalue weighted by Crippen LogP contribution is -2.25. The van der Waals surface area contributed by atoms with Crippen LogP contribution in [0.2, 0.25) is 0 Å². The predicted molar refractivity (Wildman–Crippen MR) is 110 cm³/mol. The molecule has 0 unspecified atom stereocenters. The average molecular weight is 396 g/mol. The van der Waals surface area contributed by atoms with Gasteiger partial charge in [-0.3, -0.25) is 9.05 Å². The number of fused-ring (bicyclic) bond motifs is 1. The van der Waals surface area contributed by atoms with Crippen LogP contribution in [0.25, 0.3) is 10.9 Å². The zero-order chi connectivity index (χ0) is 20.5. The molecule has 6 nitrogen and oxygen atoms in total. The van der Waals surface area contributed by atoms with Crippen LogP contribution in [0.4, 0.5) is 0 Å². The van der Waals surface area contributed by atoms with Crippen LogP contribution in [-0.4, -0.2) is 41.7 Å². The fourth-order valence-corrected chi connectivity index (χ4v) is 4.53. The number of phosphoric ester groups is 1. The first-order valence-electron chi connectivity index (χ1n) is 9.23. The van der Waals surface area contributed by atoms with Gasteiger partial charge in [0.05, 0.1) is 11.2 Å². The van der Waals surface area contributed by atoms with E-state index in [0.29, 0.717) is 5.75 Å². The molecule has 0 aliphatic heterocycles. The van der Waals surface area contributed by atoms with Crippen molar-refractivity contribution in [3.05, 3.63) is 30.0 Å². The zero-order valence-electron chi connectivity index (χ0n) is 17.8. The summed E-state index contributed by atoms with van der Waals surface area (Å²) in [4.78, 5) is 5.39. The molecular weight excluding hydrogens is 363 g/mol. The van der Waals surface area contributed by atoms with Crippen LogP contribution >= 0.6 is 7.82 Å². The molecule has 0 bridgehead atoms. The SMILES string of the molecule is CN(C)CCc1c[nH]c2cccc(OP(=O)(OC(C)(C)C)OC(C)(C)C)c12. The number of likely N-dealkylation sites (N-methyl/N-ethyl adjacent to an activating group) is 1. The summed E-state index contributed by atoms with van der Waals surface area (Å²) in [5.74, 6) is 0.499. The van der Waals surface area contributed by atoms with Crippen molar-refractivity contribution >= 4 is 18.7 Å². The van der Waals surface area contributed by atoms with E-state index in [-0.39, 0.29) is 0 Å². The Balaban J connectivity index is 2.43. The molecule has 152 valence electrons. The molecule has 0 amide bonds. The van der Waals surface area contributed by atoms with Crippen LogP contribution in [0, 0.1) is 0 Å². The van der Waals surface area contributed by atoms with Gasteiger partial charge in [0.1, 0.15) is 5.75 Å². The number of aromatic amines is 1. The summed E-state index contributed by atoms with van der Waals surface area (Å²) in [7, 11) is 0.227. The number of aromatic nitrogens is 1. The molecule has 27 heavy (non-hydrogen) atoms. The summed E-state index contributed by atoms with van der Waals surface area (Å²) >= 11 is 0. The topological polar surface area (TPSA) is 63.8 Å². The average Bonchev–Trinajstić information content (AvgIpc) is 2.84. The van der Waals surface area contributed by atoms with Crippen molar-refractivity contribution in [3.8, 4) is 5.75 Å². The van der Waals surface area contributed by atoms with Crippen molar-refractivity contribution < 1.29 is 18.1 Å². The second-order valence-electron chi connectivity index (χ2n) is 8.99. The number of hydrogen-bond donors (Lipinski definition) is 1. The first-order valence-corrected chi connectivity index (χ1v) is 10.7. The van der Waals surface area contributed by atoms with Crippen LogP contribution in [0.5, 0.6) is 5.75 Å². The monoisotopic (exact) mass is 396 g/mol. The van der Waals surface area contributed by atoms with E-state index in [2.05, 4.69) is 9.88 Å². The fraction of sp³-hybridized carbons (Fsp3) is 0.600. The lowest BCUT2D eigenvalue weighted by atomic mass is 10.1. The van der Waals surface area contributed by atoms with Crippen molar-refractivity contribution in [1.82, 2.24) is 9.88 Å². The molecule has 0 aliphatic carbocycles. The summed E-state index contributed by atoms with van der Waals surface area (Å²) in [6, 6.07) is 5.64. The maximum Gasteiger partial charge on any atom is 0.531 e. The molecular formula is C20H33N2O4P. The molecule has 7 heteroatoms. The summed E-state index contributed by atoms with van der Waals surface area (Å²) in [6.45, 7) is 11.9. The molecule has 2 rings (SSSR count). The van der Waals surface area contributed by atoms with E-state index in [1.54, 1.807) is 6.07 Å². The summed E-state index contributed by atoms with van der Waals surface area (Å²) in [5, 5.41) is 0.912. The number of phosphoric acid groups is 1. The maximum absolute atomic E-state index is 13.5. The highest BCUT2D eigenvalue weighted by Crippen LogP contribution is 2.56. The van der Waals surface area contributed by atoms with Crippen LogP contribution in [0.3, 0.4) is 0 Å². The highest BCUT2D eigenvalue weighted by molar-refractivity contribution is 7.49. The van der Waals surface area contributed by atoms with Gasteiger partial charge in [0.15, 0.2) is 0 Å². The quantitative estimate of drug-likeness (QED) is 0.636. The largest absolute Gasteiger partial charge is 0.531 e. The van der Waals surface area contributed by atoms with E-state index in [1.807, 2.05) is 74.0 Å². The number of H-pyrrole nitrogens is 1. The third-order valence-electron chi connectivity index (χ3n) is 3.56. The Labute approximate surface area is 162 Å². The minimum absolute atomic E-state index is 0.499. The molecule has 0 saturated heterocycles. The van der Waals surface area contributed by atoms with Crippen molar-refractivity contribution in [2.24, 2.45) is 0 Å². The molecule has 2 aromatic rings. The van der Waals surface area contributed by atoms with Crippen LogP contribution in [0.15, 0.2) is 24.4 Å². The molecule has 0 atom stereocenters. The molecule has 0 saturated carbocycles. The van der Waals surface area contributed by atoms with Gasteiger partial charge in [0.25, 0.3) is 0 Å². The Morgan fingerprint density at radius 1 is 1.04 bits per heavy atom. The first-order chi connectivity index (χ1) is 12.3. The minimum atomic E-state index is -3.85. The summed E-state index contributed by atoms with van der Waals surface area (Å²) < 4.78 is 30.9. The number of nitrogens with one attached hydrogen (secondary N) is 1. The fourth-order valence-electron chi connectivity index (χ4n) is 2.68. The van der Waals surface area contributed by atoms with Gasteiger partial charge in [-0.25, -0.2) is 4.57 Å². The Morgan fingerprint density at radius 2 is 1.63 bits per heavy atom. The van der Waals surface area contributed by atoms with E-state index in [0.717, 1.165) is 29.4 Å². The minimum Gasteiger partial charge on any atom is -0.403 e. The standard InChI is InChI=1S/C20H33N2O4P/c1-19(2,3)25-27(23,26-20(4,5)6)24-17-11-9-10-16-18(17)15(14-21-16)12-13-22(7)8/h9-11,14,21H,12-13H2,1-8H3. The number of rotatable bonds is 7. The van der Waals surface area contributed by atoms with Crippen LogP contribution in [0.1, 0.15) is 47.1 Å². The predicted octanol–water partition coefficient (Wildman–Crippen LogP) is 5.39. The molecule has 1 aromatic carbocycles. The van der Waals surface area contributed by atoms with E-state index in [4.69, 9.17) is 13.6 Å². The van der Waals surface area contributed by atoms with Gasteiger partial charge in [0, 0.05) is 23.6 Å². The molecule has 0 radical (unpaired) electrons. The van der Waals surface area contributed by atoms with E-state index in [9.17, 15) is 4.57 Å². The van der Waals surface area contributed by atoms with E-state index in [1.165, 1.54) is 0 Å². The van der Waals surface area contributed by atoms with Crippen molar-refractivity contribution in [2.45, 2.75) is 59.2 Å². The lowest BCUT2D eigenvalue weighted by Gasteiger charge is -2.31. The van der Waals surface area contributed by atoms with Crippen LogP contribution in [-0.2, 0) is 20.0 Å². The van der Waals surface area contributed by atoms with E-state index >= 15 is 0 Å². The van der Waals surface area contributed by atoms with Gasteiger partial charge in [-0.1, -0.05) is 6.07 Å². The number of hydrogen-bond acceptors (Lipinski definition) is 5. The maximum atomic E-state index is 13.5. The van der Waals surface area contributed by atoms with Gasteiger partial charge in [-0.05, 0) is 79.8 Å². The molecule has 0 fully saturated rings. The molecule has 0 spiro atoms. The van der Waals surface area contributed by atoms with Gasteiger partial charge in [-0.2, -0.15) is 0 Å². The molecule has 1 aromatic heterocycles. The summed E-state index contributed by atoms with van der Waals surface area (Å²) in [6.07, 6.45) is 2.82. The van der Waals surface area contributed by atoms with E-state index < -0.39 is 19.0 Å². The molecule has 1 N–H and O–H groups in total. The van der Waals surface area contributed by atoms with Gasteiger partial charge >= 0.3 is 7.82 Å². The smallest absolute Gasteiger partial charge is 0.403 e. The highest BCUT2D eigenvalue weighted by atomic mass is 31.2. The van der Waals surface area contributed by atoms with Gasteiger partial charge in [0.2, 0.25) is 0 Å².